The van der Waals surface area contributed by atoms with Gasteiger partial charge in [0.1, 0.15) is 0 Å². The lowest BCUT2D eigenvalue weighted by Crippen LogP contribution is -2.46. The number of nitrogens with zero attached hydrogens (tertiary/aromatic N) is 1. The van der Waals surface area contributed by atoms with Gasteiger partial charge in [0, 0.05) is 12.0 Å². The van der Waals surface area contributed by atoms with Crippen molar-refractivity contribution < 1.29 is 9.90 Å². The molecule has 0 atom stereocenters. The van der Waals surface area contributed by atoms with Crippen LogP contribution in [0.3, 0.4) is 0 Å². The van der Waals surface area contributed by atoms with E-state index in [2.05, 4.69) is 25.7 Å². The second-order valence-corrected chi connectivity index (χ2v) is 5.20. The van der Waals surface area contributed by atoms with E-state index in [-0.39, 0.29) is 5.54 Å². The van der Waals surface area contributed by atoms with E-state index in [0.717, 1.165) is 25.9 Å². The minimum Gasteiger partial charge on any atom is -0.481 e. The predicted octanol–water partition coefficient (Wildman–Crippen LogP) is 3.00. The molecule has 0 unspecified atom stereocenters. The molecule has 16 heavy (non-hydrogen) atoms. The maximum absolute atomic E-state index is 10.5. The smallest absolute Gasteiger partial charge is 0.303 e. The van der Waals surface area contributed by atoms with Crippen molar-refractivity contribution in [2.24, 2.45) is 5.92 Å². The van der Waals surface area contributed by atoms with Crippen molar-refractivity contribution in [2.45, 2.75) is 59.4 Å². The summed E-state index contributed by atoms with van der Waals surface area (Å²) in [6.07, 6.45) is 2.41. The summed E-state index contributed by atoms with van der Waals surface area (Å²) in [5.41, 5.74) is 0.230. The Morgan fingerprint density at radius 1 is 1.25 bits per heavy atom. The SMILES string of the molecule is CC.CC(C)(C)N1CCC(CC(=O)O)CC1. The van der Waals surface area contributed by atoms with Gasteiger partial charge in [0.05, 0.1) is 0 Å². The summed E-state index contributed by atoms with van der Waals surface area (Å²) in [6, 6.07) is 0. The number of hydrogen-bond acceptors (Lipinski definition) is 2. The Morgan fingerprint density at radius 2 is 1.69 bits per heavy atom. The topological polar surface area (TPSA) is 40.5 Å². The van der Waals surface area contributed by atoms with E-state index < -0.39 is 5.97 Å². The molecule has 1 heterocycles. The summed E-state index contributed by atoms with van der Waals surface area (Å²) in [5.74, 6) is -0.259. The third-order valence-corrected chi connectivity index (χ3v) is 3.03. The van der Waals surface area contributed by atoms with Crippen LogP contribution in [-0.2, 0) is 4.79 Å². The minimum absolute atomic E-state index is 0.230. The Hall–Kier alpha value is -0.570. The van der Waals surface area contributed by atoms with Crippen LogP contribution in [0, 0.1) is 5.92 Å². The van der Waals surface area contributed by atoms with E-state index in [1.807, 2.05) is 13.8 Å². The average molecular weight is 229 g/mol. The fourth-order valence-corrected chi connectivity index (χ4v) is 2.05. The van der Waals surface area contributed by atoms with Crippen molar-refractivity contribution >= 4 is 5.97 Å². The maximum atomic E-state index is 10.5. The van der Waals surface area contributed by atoms with Gasteiger partial charge in [0.25, 0.3) is 0 Å². The molecule has 0 aromatic heterocycles. The van der Waals surface area contributed by atoms with Crippen LogP contribution in [0.25, 0.3) is 0 Å². The second kappa shape index (κ2) is 6.89. The number of likely N-dealkylation sites (tertiary alicyclic amines) is 1. The first-order chi connectivity index (χ1) is 7.39. The molecule has 0 spiro atoms. The number of piperidine rings is 1. The quantitative estimate of drug-likeness (QED) is 0.791. The average Bonchev–Trinajstić information content (AvgIpc) is 2.19. The standard InChI is InChI=1S/C11H21NO2.C2H6/c1-11(2,3)12-6-4-9(5-7-12)8-10(13)14;1-2/h9H,4-8H2,1-3H3,(H,13,14);1-2H3. The van der Waals surface area contributed by atoms with Crippen LogP contribution in [0.15, 0.2) is 0 Å². The lowest BCUT2D eigenvalue weighted by atomic mass is 9.91. The van der Waals surface area contributed by atoms with Crippen molar-refractivity contribution in [1.82, 2.24) is 4.90 Å². The predicted molar refractivity (Wildman–Crippen MR) is 67.7 cm³/mol. The monoisotopic (exact) mass is 229 g/mol. The minimum atomic E-state index is -0.654. The summed E-state index contributed by atoms with van der Waals surface area (Å²) in [5, 5.41) is 8.68. The van der Waals surface area contributed by atoms with Gasteiger partial charge in [-0.25, -0.2) is 0 Å². The summed E-state index contributed by atoms with van der Waals surface area (Å²) < 4.78 is 0. The lowest BCUT2D eigenvalue weighted by Gasteiger charge is -2.40. The molecule has 0 aromatic carbocycles. The van der Waals surface area contributed by atoms with Gasteiger partial charge < -0.3 is 5.11 Å². The highest BCUT2D eigenvalue weighted by atomic mass is 16.4. The van der Waals surface area contributed by atoms with Gasteiger partial charge in [-0.05, 0) is 52.6 Å². The van der Waals surface area contributed by atoms with Crippen molar-refractivity contribution in [3.8, 4) is 0 Å². The summed E-state index contributed by atoms with van der Waals surface area (Å²) in [4.78, 5) is 13.0. The van der Waals surface area contributed by atoms with Crippen molar-refractivity contribution in [3.05, 3.63) is 0 Å². The molecule has 1 aliphatic rings. The maximum Gasteiger partial charge on any atom is 0.303 e. The molecule has 1 rings (SSSR count). The van der Waals surface area contributed by atoms with E-state index in [1.165, 1.54) is 0 Å². The normalized spacial score (nSPS) is 18.8. The number of hydrogen-bond donors (Lipinski definition) is 1. The summed E-state index contributed by atoms with van der Waals surface area (Å²) in [7, 11) is 0. The van der Waals surface area contributed by atoms with Gasteiger partial charge in [-0.1, -0.05) is 13.8 Å². The first kappa shape index (κ1) is 15.4. The number of aliphatic carboxylic acids is 1. The van der Waals surface area contributed by atoms with Crippen molar-refractivity contribution in [2.75, 3.05) is 13.1 Å². The van der Waals surface area contributed by atoms with Gasteiger partial charge in [0.2, 0.25) is 0 Å². The Kier molecular flexibility index (Phi) is 6.65. The Bertz CT molecular complexity index is 200. The zero-order valence-electron chi connectivity index (χ0n) is 11.4. The van der Waals surface area contributed by atoms with E-state index in [1.54, 1.807) is 0 Å². The molecule has 3 heteroatoms. The molecule has 1 fully saturated rings. The molecular formula is C13H27NO2. The Labute approximate surface area is 99.8 Å². The van der Waals surface area contributed by atoms with Gasteiger partial charge in [0.15, 0.2) is 0 Å². The first-order valence-electron chi connectivity index (χ1n) is 6.36. The van der Waals surface area contributed by atoms with Gasteiger partial charge in [-0.2, -0.15) is 0 Å². The van der Waals surface area contributed by atoms with Crippen LogP contribution in [-0.4, -0.2) is 34.6 Å². The van der Waals surface area contributed by atoms with E-state index in [9.17, 15) is 4.79 Å². The molecule has 0 saturated carbocycles. The van der Waals surface area contributed by atoms with Crippen molar-refractivity contribution in [3.63, 3.8) is 0 Å². The highest BCUT2D eigenvalue weighted by Gasteiger charge is 2.27. The van der Waals surface area contributed by atoms with E-state index >= 15 is 0 Å². The van der Waals surface area contributed by atoms with Gasteiger partial charge in [-0.3, -0.25) is 9.69 Å². The third kappa shape index (κ3) is 5.50. The van der Waals surface area contributed by atoms with Crippen LogP contribution in [0.1, 0.15) is 53.9 Å². The molecular weight excluding hydrogens is 202 g/mol. The van der Waals surface area contributed by atoms with E-state index in [4.69, 9.17) is 5.11 Å². The Morgan fingerprint density at radius 3 is 2.00 bits per heavy atom. The summed E-state index contributed by atoms with van der Waals surface area (Å²) >= 11 is 0. The molecule has 0 aliphatic carbocycles. The lowest BCUT2D eigenvalue weighted by molar-refractivity contribution is -0.138. The molecule has 0 radical (unpaired) electrons. The summed E-state index contributed by atoms with van der Waals surface area (Å²) in [6.45, 7) is 12.7. The van der Waals surface area contributed by atoms with Crippen LogP contribution in [0.4, 0.5) is 0 Å². The van der Waals surface area contributed by atoms with Crippen molar-refractivity contribution in [1.29, 1.82) is 0 Å². The largest absolute Gasteiger partial charge is 0.481 e. The highest BCUT2D eigenvalue weighted by Crippen LogP contribution is 2.25. The van der Waals surface area contributed by atoms with E-state index in [0.29, 0.717) is 12.3 Å². The molecule has 0 bridgehead atoms. The zero-order chi connectivity index (χ0) is 12.8. The molecule has 1 saturated heterocycles. The molecule has 1 aliphatic heterocycles. The van der Waals surface area contributed by atoms with Crippen LogP contribution in [0.5, 0.6) is 0 Å². The third-order valence-electron chi connectivity index (χ3n) is 3.03. The number of carbonyl (C=O) groups is 1. The zero-order valence-corrected chi connectivity index (χ0v) is 11.4. The highest BCUT2D eigenvalue weighted by molar-refractivity contribution is 5.67. The Balaban J connectivity index is 0.00000106. The molecule has 96 valence electrons. The van der Waals surface area contributed by atoms with Gasteiger partial charge in [-0.15, -0.1) is 0 Å². The molecule has 0 amide bonds. The molecule has 0 aromatic rings. The fraction of sp³-hybridized carbons (Fsp3) is 0.923. The molecule has 3 nitrogen and oxygen atoms in total. The fourth-order valence-electron chi connectivity index (χ4n) is 2.05. The second-order valence-electron chi connectivity index (χ2n) is 5.20. The van der Waals surface area contributed by atoms with Gasteiger partial charge >= 0.3 is 5.97 Å². The number of rotatable bonds is 2. The van der Waals surface area contributed by atoms with Crippen LogP contribution >= 0.6 is 0 Å². The van der Waals surface area contributed by atoms with Crippen LogP contribution in [0.2, 0.25) is 0 Å². The first-order valence-corrected chi connectivity index (χ1v) is 6.36. The number of carboxylic acid groups (broad SMARTS) is 1. The number of carboxylic acids is 1. The van der Waals surface area contributed by atoms with Crippen LogP contribution < -0.4 is 0 Å². The molecule has 1 N–H and O–H groups in total.